The molecule has 1 aliphatic rings. The van der Waals surface area contributed by atoms with E-state index in [9.17, 15) is 4.79 Å². The lowest BCUT2D eigenvalue weighted by Gasteiger charge is -2.13. The number of aryl methyl sites for hydroxylation is 3. The van der Waals surface area contributed by atoms with Gasteiger partial charge in [-0.2, -0.15) is 0 Å². The molecule has 32 heavy (non-hydrogen) atoms. The molecule has 0 atom stereocenters. The molecule has 0 fully saturated rings. The minimum Gasteiger partial charge on any atom is -0.496 e. The first kappa shape index (κ1) is 20.5. The van der Waals surface area contributed by atoms with Crippen molar-refractivity contribution in [3.05, 3.63) is 59.5 Å². The molecule has 1 N–H and O–H groups in total. The van der Waals surface area contributed by atoms with E-state index < -0.39 is 6.09 Å². The summed E-state index contributed by atoms with van der Waals surface area (Å²) in [5.74, 6) is 1.89. The molecule has 1 amide bonds. The number of benzene rings is 2. The molecule has 7 nitrogen and oxygen atoms in total. The van der Waals surface area contributed by atoms with Crippen molar-refractivity contribution in [3.63, 3.8) is 0 Å². The van der Waals surface area contributed by atoms with Crippen LogP contribution in [0.1, 0.15) is 29.9 Å². The number of hydrogen-bond acceptors (Lipinski definition) is 6. The Balaban J connectivity index is 1.26. The second kappa shape index (κ2) is 8.63. The van der Waals surface area contributed by atoms with Crippen LogP contribution in [0.5, 0.6) is 5.75 Å². The number of methoxy groups -OCH3 is 1. The van der Waals surface area contributed by atoms with Gasteiger partial charge in [-0.25, -0.2) is 14.8 Å². The summed E-state index contributed by atoms with van der Waals surface area (Å²) in [5.41, 5.74) is 4.65. The van der Waals surface area contributed by atoms with E-state index in [1.807, 2.05) is 43.3 Å². The van der Waals surface area contributed by atoms with Gasteiger partial charge in [-0.05, 0) is 49.6 Å². The summed E-state index contributed by atoms with van der Waals surface area (Å²) in [6.07, 6.45) is 2.90. The van der Waals surface area contributed by atoms with Crippen LogP contribution in [0.3, 0.4) is 0 Å². The second-order valence-electron chi connectivity index (χ2n) is 7.79. The lowest BCUT2D eigenvalue weighted by atomic mass is 10.1. The van der Waals surface area contributed by atoms with Crippen LogP contribution in [-0.2, 0) is 24.3 Å². The van der Waals surface area contributed by atoms with E-state index in [-0.39, 0.29) is 6.61 Å². The Morgan fingerprint density at radius 2 is 2.06 bits per heavy atom. The quantitative estimate of drug-likeness (QED) is 0.432. The molecule has 0 radical (unpaired) electrons. The molecule has 0 spiro atoms. The molecule has 0 bridgehead atoms. The molecule has 8 heteroatoms. The van der Waals surface area contributed by atoms with Gasteiger partial charge in [-0.1, -0.05) is 29.5 Å². The highest BCUT2D eigenvalue weighted by molar-refractivity contribution is 7.19. The summed E-state index contributed by atoms with van der Waals surface area (Å²) in [6, 6.07) is 13.8. The van der Waals surface area contributed by atoms with Crippen LogP contribution in [-0.4, -0.2) is 27.7 Å². The molecule has 4 aromatic rings. The van der Waals surface area contributed by atoms with Gasteiger partial charge in [0.2, 0.25) is 0 Å². The number of amides is 1. The molecule has 0 aliphatic carbocycles. The average Bonchev–Trinajstić information content (AvgIpc) is 3.37. The minimum absolute atomic E-state index is 0.182. The minimum atomic E-state index is -0.507. The zero-order valence-electron chi connectivity index (χ0n) is 18.1. The smallest absolute Gasteiger partial charge is 0.412 e. The highest BCUT2D eigenvalue weighted by atomic mass is 32.1. The Bertz CT molecular complexity index is 1290. The second-order valence-corrected chi connectivity index (χ2v) is 8.79. The van der Waals surface area contributed by atoms with Gasteiger partial charge in [0.15, 0.2) is 0 Å². The maximum atomic E-state index is 12.4. The SMILES string of the molecule is COc1ccccc1-c1nc(C)c(NC(=O)OCc2ccc3c(c2)nc2n3CCCC2)s1. The van der Waals surface area contributed by atoms with Gasteiger partial charge in [0, 0.05) is 13.0 Å². The van der Waals surface area contributed by atoms with Crippen LogP contribution >= 0.6 is 11.3 Å². The van der Waals surface area contributed by atoms with Gasteiger partial charge in [0.25, 0.3) is 0 Å². The van der Waals surface area contributed by atoms with Crippen molar-refractivity contribution >= 4 is 33.5 Å². The third-order valence-electron chi connectivity index (χ3n) is 5.64. The van der Waals surface area contributed by atoms with E-state index >= 15 is 0 Å². The number of nitrogens with one attached hydrogen (secondary N) is 1. The molecule has 164 valence electrons. The maximum Gasteiger partial charge on any atom is 0.412 e. The molecule has 5 rings (SSSR count). The highest BCUT2D eigenvalue weighted by Gasteiger charge is 2.17. The average molecular weight is 449 g/mol. The molecule has 3 heterocycles. The summed E-state index contributed by atoms with van der Waals surface area (Å²) in [5, 5.41) is 4.26. The van der Waals surface area contributed by atoms with Crippen LogP contribution in [0.4, 0.5) is 9.80 Å². The maximum absolute atomic E-state index is 12.4. The van der Waals surface area contributed by atoms with Crippen molar-refractivity contribution in [2.24, 2.45) is 0 Å². The number of hydrogen-bond donors (Lipinski definition) is 1. The van der Waals surface area contributed by atoms with Crippen LogP contribution in [0.2, 0.25) is 0 Å². The number of anilines is 1. The fourth-order valence-electron chi connectivity index (χ4n) is 4.04. The Morgan fingerprint density at radius 1 is 1.19 bits per heavy atom. The predicted molar refractivity (Wildman–Crippen MR) is 125 cm³/mol. The first-order valence-corrected chi connectivity index (χ1v) is 11.5. The van der Waals surface area contributed by atoms with E-state index in [1.54, 1.807) is 7.11 Å². The molecule has 1 aliphatic heterocycles. The fraction of sp³-hybridized carbons (Fsp3) is 0.292. The van der Waals surface area contributed by atoms with Crippen LogP contribution < -0.4 is 10.1 Å². The third kappa shape index (κ3) is 3.93. The zero-order valence-corrected chi connectivity index (χ0v) is 18.9. The monoisotopic (exact) mass is 448 g/mol. The first-order chi connectivity index (χ1) is 15.6. The van der Waals surface area contributed by atoms with Gasteiger partial charge in [-0.15, -0.1) is 0 Å². The number of imidazole rings is 1. The highest BCUT2D eigenvalue weighted by Crippen LogP contribution is 2.36. The molecule has 0 saturated heterocycles. The van der Waals surface area contributed by atoms with Gasteiger partial charge in [0.1, 0.15) is 28.2 Å². The third-order valence-corrected chi connectivity index (χ3v) is 6.75. The normalized spacial score (nSPS) is 13.1. The standard InChI is InChI=1S/C24H24N4O3S/c1-15-22(32-23(25-15)17-7-3-4-8-20(17)30-2)27-24(29)31-14-16-10-11-19-18(13-16)26-21-9-5-6-12-28(19)21/h3-4,7-8,10-11,13H,5-6,9,12,14H2,1-2H3,(H,27,29). The van der Waals surface area contributed by atoms with Crippen molar-refractivity contribution in [3.8, 4) is 16.3 Å². The molecule has 0 unspecified atom stereocenters. The number of nitrogens with zero attached hydrogens (tertiary/aromatic N) is 3. The van der Waals surface area contributed by atoms with Crippen molar-refractivity contribution in [1.82, 2.24) is 14.5 Å². The number of thiazole rings is 1. The lowest BCUT2D eigenvalue weighted by molar-refractivity contribution is 0.155. The zero-order chi connectivity index (χ0) is 22.1. The van der Waals surface area contributed by atoms with Crippen LogP contribution in [0.25, 0.3) is 21.6 Å². The summed E-state index contributed by atoms with van der Waals surface area (Å²) < 4.78 is 13.2. The Hall–Kier alpha value is -3.39. The number of carbonyl (C=O) groups is 1. The Kier molecular flexibility index (Phi) is 5.53. The lowest BCUT2D eigenvalue weighted by Crippen LogP contribution is -2.13. The molecular weight excluding hydrogens is 424 g/mol. The Labute approximate surface area is 190 Å². The Morgan fingerprint density at radius 3 is 2.94 bits per heavy atom. The largest absolute Gasteiger partial charge is 0.496 e. The van der Waals surface area contributed by atoms with E-state index in [4.69, 9.17) is 14.5 Å². The van der Waals surface area contributed by atoms with Crippen LogP contribution in [0.15, 0.2) is 42.5 Å². The van der Waals surface area contributed by atoms with Crippen molar-refractivity contribution in [2.45, 2.75) is 39.3 Å². The molecule has 2 aromatic heterocycles. The number of para-hydroxylation sites is 1. The number of rotatable bonds is 5. The van der Waals surface area contributed by atoms with Gasteiger partial charge in [-0.3, -0.25) is 5.32 Å². The van der Waals surface area contributed by atoms with Gasteiger partial charge >= 0.3 is 6.09 Å². The number of carbonyl (C=O) groups excluding carboxylic acids is 1. The van der Waals surface area contributed by atoms with E-state index in [2.05, 4.69) is 20.9 Å². The van der Waals surface area contributed by atoms with Gasteiger partial charge in [0.05, 0.1) is 29.4 Å². The van der Waals surface area contributed by atoms with Gasteiger partial charge < -0.3 is 14.0 Å². The first-order valence-electron chi connectivity index (χ1n) is 10.6. The summed E-state index contributed by atoms with van der Waals surface area (Å²) in [6.45, 7) is 3.07. The number of ether oxygens (including phenoxy) is 2. The van der Waals surface area contributed by atoms with Crippen molar-refractivity contribution in [2.75, 3.05) is 12.4 Å². The molecule has 0 saturated carbocycles. The fourth-order valence-corrected chi connectivity index (χ4v) is 5.02. The van der Waals surface area contributed by atoms with E-state index in [0.717, 1.165) is 57.4 Å². The predicted octanol–water partition coefficient (Wildman–Crippen LogP) is 5.56. The van der Waals surface area contributed by atoms with Crippen LogP contribution in [0, 0.1) is 6.92 Å². The topological polar surface area (TPSA) is 78.3 Å². The van der Waals surface area contributed by atoms with Crippen molar-refractivity contribution in [1.29, 1.82) is 0 Å². The molecular formula is C24H24N4O3S. The molecule has 2 aromatic carbocycles. The van der Waals surface area contributed by atoms with Crippen molar-refractivity contribution < 1.29 is 14.3 Å². The van der Waals surface area contributed by atoms with E-state index in [0.29, 0.717) is 5.00 Å². The number of aromatic nitrogens is 3. The summed E-state index contributed by atoms with van der Waals surface area (Å²) in [7, 11) is 1.63. The summed E-state index contributed by atoms with van der Waals surface area (Å²) >= 11 is 1.39. The number of fused-ring (bicyclic) bond motifs is 3. The summed E-state index contributed by atoms with van der Waals surface area (Å²) in [4.78, 5) is 21.8. The van der Waals surface area contributed by atoms with E-state index in [1.165, 1.54) is 24.2 Å².